The number of amides is 1. The van der Waals surface area contributed by atoms with E-state index in [1.807, 2.05) is 41.3 Å². The van der Waals surface area contributed by atoms with Crippen molar-refractivity contribution in [1.82, 2.24) is 30.0 Å². The summed E-state index contributed by atoms with van der Waals surface area (Å²) in [5, 5.41) is 22.8. The Morgan fingerprint density at radius 1 is 1.00 bits per heavy atom. The molecule has 32 heavy (non-hydrogen) atoms. The molecule has 10 heteroatoms. The number of nitrogens with zero attached hydrogens (tertiary/aromatic N) is 7. The number of benzene rings is 2. The Hall–Kier alpha value is -3.66. The fraction of sp³-hybridized carbons (Fsp3) is 0.364. The molecule has 1 amide bonds. The standard InChI is InChI=1S/C22H25N7O3/c1-26-24-22(23-25-26)19-6-2-18(3-7-19)16-21(30)28-14-12-27(13-15-28)11-10-17-4-8-20(9-5-17)29(31)32/h2-9H,10-16H2,1H3. The van der Waals surface area contributed by atoms with Crippen LogP contribution < -0.4 is 0 Å². The van der Waals surface area contributed by atoms with Gasteiger partial charge in [0.25, 0.3) is 5.69 Å². The Balaban J connectivity index is 1.22. The van der Waals surface area contributed by atoms with Gasteiger partial charge >= 0.3 is 0 Å². The van der Waals surface area contributed by atoms with Crippen LogP contribution in [0.25, 0.3) is 11.4 Å². The number of carbonyl (C=O) groups excluding carboxylic acids is 1. The summed E-state index contributed by atoms with van der Waals surface area (Å²) in [4.78, 5) is 28.7. The quantitative estimate of drug-likeness (QED) is 0.410. The van der Waals surface area contributed by atoms with Crippen molar-refractivity contribution in [3.63, 3.8) is 0 Å². The maximum absolute atomic E-state index is 12.7. The fourth-order valence-corrected chi connectivity index (χ4v) is 3.75. The number of nitro groups is 1. The van der Waals surface area contributed by atoms with Crippen molar-refractivity contribution in [3.8, 4) is 11.4 Å². The molecular weight excluding hydrogens is 410 g/mol. The van der Waals surface area contributed by atoms with Gasteiger partial charge in [0.2, 0.25) is 11.7 Å². The molecule has 2 aromatic carbocycles. The zero-order valence-electron chi connectivity index (χ0n) is 17.9. The summed E-state index contributed by atoms with van der Waals surface area (Å²) in [6.45, 7) is 3.95. The van der Waals surface area contributed by atoms with Crippen LogP contribution in [0.3, 0.4) is 0 Å². The minimum atomic E-state index is -0.385. The van der Waals surface area contributed by atoms with Crippen molar-refractivity contribution in [2.45, 2.75) is 12.8 Å². The van der Waals surface area contributed by atoms with Crippen molar-refractivity contribution in [1.29, 1.82) is 0 Å². The second-order valence-electron chi connectivity index (χ2n) is 7.87. The lowest BCUT2D eigenvalue weighted by Crippen LogP contribution is -2.49. The Bertz CT molecular complexity index is 1070. The number of aryl methyl sites for hydroxylation is 1. The van der Waals surface area contributed by atoms with Gasteiger partial charge in [-0.15, -0.1) is 10.2 Å². The summed E-state index contributed by atoms with van der Waals surface area (Å²) in [6, 6.07) is 14.4. The van der Waals surface area contributed by atoms with E-state index < -0.39 is 0 Å². The van der Waals surface area contributed by atoms with Crippen LogP contribution in [0, 0.1) is 10.1 Å². The van der Waals surface area contributed by atoms with Crippen molar-refractivity contribution in [2.24, 2.45) is 7.05 Å². The lowest BCUT2D eigenvalue weighted by molar-refractivity contribution is -0.384. The van der Waals surface area contributed by atoms with Crippen LogP contribution in [-0.4, -0.2) is 73.6 Å². The molecular formula is C22H25N7O3. The minimum Gasteiger partial charge on any atom is -0.340 e. The van der Waals surface area contributed by atoms with E-state index in [4.69, 9.17) is 0 Å². The number of hydrogen-bond donors (Lipinski definition) is 0. The fourth-order valence-electron chi connectivity index (χ4n) is 3.75. The normalized spacial score (nSPS) is 14.5. The lowest BCUT2D eigenvalue weighted by Gasteiger charge is -2.34. The minimum absolute atomic E-state index is 0.112. The van der Waals surface area contributed by atoms with Crippen LogP contribution in [0.2, 0.25) is 0 Å². The average molecular weight is 435 g/mol. The van der Waals surface area contributed by atoms with Crippen LogP contribution in [0.1, 0.15) is 11.1 Å². The first-order chi connectivity index (χ1) is 15.5. The molecule has 166 valence electrons. The van der Waals surface area contributed by atoms with E-state index in [-0.39, 0.29) is 16.5 Å². The first kappa shape index (κ1) is 21.6. The zero-order chi connectivity index (χ0) is 22.5. The van der Waals surface area contributed by atoms with Gasteiger partial charge in [0.1, 0.15) is 0 Å². The number of rotatable bonds is 7. The molecule has 1 aromatic heterocycles. The maximum atomic E-state index is 12.7. The van der Waals surface area contributed by atoms with Gasteiger partial charge in [0.15, 0.2) is 0 Å². The summed E-state index contributed by atoms with van der Waals surface area (Å²) in [5.74, 6) is 0.695. The Morgan fingerprint density at radius 3 is 2.25 bits per heavy atom. The molecule has 1 aliphatic rings. The predicted octanol–water partition coefficient (Wildman–Crippen LogP) is 1.71. The SMILES string of the molecule is Cn1nnc(-c2ccc(CC(=O)N3CCN(CCc4ccc([N+](=O)[O-])cc4)CC3)cc2)n1. The first-order valence-corrected chi connectivity index (χ1v) is 10.5. The number of aromatic nitrogens is 4. The number of carbonyl (C=O) groups is 1. The molecule has 1 fully saturated rings. The molecule has 4 rings (SSSR count). The highest BCUT2D eigenvalue weighted by Gasteiger charge is 2.21. The molecule has 3 aromatic rings. The van der Waals surface area contributed by atoms with Gasteiger partial charge in [-0.3, -0.25) is 19.8 Å². The largest absolute Gasteiger partial charge is 0.340 e. The van der Waals surface area contributed by atoms with Gasteiger partial charge in [-0.05, 0) is 22.8 Å². The molecule has 0 spiro atoms. The molecule has 0 unspecified atom stereocenters. The predicted molar refractivity (Wildman–Crippen MR) is 118 cm³/mol. The van der Waals surface area contributed by atoms with E-state index in [1.54, 1.807) is 19.2 Å². The number of non-ortho nitro benzene ring substituents is 1. The smallest absolute Gasteiger partial charge is 0.269 e. The van der Waals surface area contributed by atoms with Crippen LogP contribution in [-0.2, 0) is 24.7 Å². The molecule has 1 aliphatic heterocycles. The first-order valence-electron chi connectivity index (χ1n) is 10.5. The number of piperazine rings is 1. The van der Waals surface area contributed by atoms with Gasteiger partial charge in [-0.25, -0.2) is 0 Å². The third kappa shape index (κ3) is 5.33. The number of nitro benzene ring substituents is 1. The van der Waals surface area contributed by atoms with Crippen molar-refractivity contribution < 1.29 is 9.72 Å². The van der Waals surface area contributed by atoms with Gasteiger partial charge in [-0.1, -0.05) is 36.4 Å². The second-order valence-corrected chi connectivity index (χ2v) is 7.87. The topological polar surface area (TPSA) is 110 Å². The molecule has 2 heterocycles. The number of hydrogen-bond acceptors (Lipinski definition) is 7. The third-order valence-electron chi connectivity index (χ3n) is 5.66. The Labute approximate surface area is 185 Å². The maximum Gasteiger partial charge on any atom is 0.269 e. The lowest BCUT2D eigenvalue weighted by atomic mass is 10.1. The van der Waals surface area contributed by atoms with E-state index in [2.05, 4.69) is 20.3 Å². The van der Waals surface area contributed by atoms with E-state index in [9.17, 15) is 14.9 Å². The van der Waals surface area contributed by atoms with Gasteiger partial charge in [0.05, 0.1) is 18.4 Å². The van der Waals surface area contributed by atoms with Crippen molar-refractivity contribution in [2.75, 3.05) is 32.7 Å². The highest BCUT2D eigenvalue weighted by atomic mass is 16.6. The average Bonchev–Trinajstić information content (AvgIpc) is 3.25. The van der Waals surface area contributed by atoms with Crippen LogP contribution >= 0.6 is 0 Å². The molecule has 0 atom stereocenters. The van der Waals surface area contributed by atoms with E-state index in [1.165, 1.54) is 4.80 Å². The monoisotopic (exact) mass is 435 g/mol. The molecule has 0 radical (unpaired) electrons. The van der Waals surface area contributed by atoms with E-state index in [0.29, 0.717) is 25.3 Å². The van der Waals surface area contributed by atoms with Gasteiger partial charge in [-0.2, -0.15) is 4.80 Å². The van der Waals surface area contributed by atoms with E-state index in [0.717, 1.165) is 42.7 Å². The van der Waals surface area contributed by atoms with Crippen molar-refractivity contribution >= 4 is 11.6 Å². The van der Waals surface area contributed by atoms with Crippen LogP contribution in [0.4, 0.5) is 5.69 Å². The number of tetrazole rings is 1. The molecule has 10 nitrogen and oxygen atoms in total. The summed E-state index contributed by atoms with van der Waals surface area (Å²) in [7, 11) is 1.72. The highest BCUT2D eigenvalue weighted by Crippen LogP contribution is 2.16. The van der Waals surface area contributed by atoms with Gasteiger partial charge < -0.3 is 4.90 Å². The molecule has 0 aliphatic carbocycles. The summed E-state index contributed by atoms with van der Waals surface area (Å²) >= 11 is 0. The molecule has 1 saturated heterocycles. The second kappa shape index (κ2) is 9.65. The molecule has 0 saturated carbocycles. The zero-order valence-corrected chi connectivity index (χ0v) is 17.9. The highest BCUT2D eigenvalue weighted by molar-refractivity contribution is 5.79. The van der Waals surface area contributed by atoms with Gasteiger partial charge in [0, 0.05) is 50.4 Å². The van der Waals surface area contributed by atoms with Crippen LogP contribution in [0.5, 0.6) is 0 Å². The third-order valence-corrected chi connectivity index (χ3v) is 5.66. The summed E-state index contributed by atoms with van der Waals surface area (Å²) in [5.41, 5.74) is 3.02. The molecule has 0 N–H and O–H groups in total. The van der Waals surface area contributed by atoms with Crippen LogP contribution in [0.15, 0.2) is 48.5 Å². The summed E-state index contributed by atoms with van der Waals surface area (Å²) < 4.78 is 0. The Morgan fingerprint density at radius 2 is 1.66 bits per heavy atom. The summed E-state index contributed by atoms with van der Waals surface area (Å²) in [6.07, 6.45) is 1.20. The van der Waals surface area contributed by atoms with Crippen molar-refractivity contribution in [3.05, 3.63) is 69.8 Å². The Kier molecular flexibility index (Phi) is 6.50. The molecule has 0 bridgehead atoms. The van der Waals surface area contributed by atoms with E-state index >= 15 is 0 Å².